The maximum absolute atomic E-state index is 13.1. The van der Waals surface area contributed by atoms with Gasteiger partial charge in [-0.1, -0.05) is 30.3 Å². The molecule has 2 aliphatic rings. The van der Waals surface area contributed by atoms with Crippen molar-refractivity contribution in [3.8, 4) is 5.75 Å². The second-order valence-electron chi connectivity index (χ2n) is 8.02. The van der Waals surface area contributed by atoms with Gasteiger partial charge in [-0.2, -0.15) is 0 Å². The van der Waals surface area contributed by atoms with Crippen LogP contribution in [0.4, 0.5) is 0 Å². The van der Waals surface area contributed by atoms with E-state index in [-0.39, 0.29) is 24.3 Å². The number of piperazine rings is 2. The molecule has 0 aromatic heterocycles. The minimum Gasteiger partial charge on any atom is -0.497 e. The van der Waals surface area contributed by atoms with Crippen LogP contribution in [0, 0.1) is 0 Å². The zero-order valence-electron chi connectivity index (χ0n) is 18.2. The molecule has 3 atom stereocenters. The van der Waals surface area contributed by atoms with Gasteiger partial charge in [-0.3, -0.25) is 14.4 Å². The Kier molecular flexibility index (Phi) is 6.41. The van der Waals surface area contributed by atoms with Crippen molar-refractivity contribution in [2.24, 2.45) is 0 Å². The maximum atomic E-state index is 13.1. The third-order valence-electron chi connectivity index (χ3n) is 5.98. The van der Waals surface area contributed by atoms with Gasteiger partial charge in [0.05, 0.1) is 26.4 Å². The fourth-order valence-electron chi connectivity index (χ4n) is 4.08. The number of hydrogen-bond donors (Lipinski definition) is 1. The molecule has 0 saturated carbocycles. The number of nitrogens with one attached hydrogen (secondary N) is 1. The number of amides is 3. The minimum atomic E-state index is -0.744. The van der Waals surface area contributed by atoms with Crippen molar-refractivity contribution < 1.29 is 23.9 Å². The van der Waals surface area contributed by atoms with Crippen LogP contribution < -0.4 is 10.1 Å². The zero-order chi connectivity index (χ0) is 22.7. The lowest BCUT2D eigenvalue weighted by atomic mass is 10.0. The average Bonchev–Trinajstić information content (AvgIpc) is 2.84. The Morgan fingerprint density at radius 1 is 1.09 bits per heavy atom. The van der Waals surface area contributed by atoms with Gasteiger partial charge in [-0.15, -0.1) is 0 Å². The van der Waals surface area contributed by atoms with Crippen molar-refractivity contribution in [2.45, 2.75) is 31.7 Å². The number of nitrogens with zero attached hydrogens (tertiary/aromatic N) is 2. The smallest absolute Gasteiger partial charge is 0.254 e. The van der Waals surface area contributed by atoms with Crippen LogP contribution in [0.15, 0.2) is 54.6 Å². The molecule has 0 aliphatic carbocycles. The van der Waals surface area contributed by atoms with Crippen LogP contribution in [0.25, 0.3) is 0 Å². The molecule has 0 spiro atoms. The van der Waals surface area contributed by atoms with E-state index in [2.05, 4.69) is 5.32 Å². The first-order chi connectivity index (χ1) is 15.5. The van der Waals surface area contributed by atoms with E-state index in [0.717, 1.165) is 5.56 Å². The minimum absolute atomic E-state index is 0.161. The molecule has 0 bridgehead atoms. The molecule has 2 fully saturated rings. The molecule has 1 N–H and O–H groups in total. The summed E-state index contributed by atoms with van der Waals surface area (Å²) >= 11 is 0. The predicted octanol–water partition coefficient (Wildman–Crippen LogP) is 1.45. The van der Waals surface area contributed by atoms with E-state index in [9.17, 15) is 14.4 Å². The van der Waals surface area contributed by atoms with Crippen molar-refractivity contribution >= 4 is 17.7 Å². The largest absolute Gasteiger partial charge is 0.497 e. The molecule has 2 aliphatic heterocycles. The monoisotopic (exact) mass is 437 g/mol. The van der Waals surface area contributed by atoms with Gasteiger partial charge >= 0.3 is 0 Å². The Bertz CT molecular complexity index is 979. The number of ether oxygens (including phenoxy) is 2. The highest BCUT2D eigenvalue weighted by Gasteiger charge is 2.46. The number of benzene rings is 2. The summed E-state index contributed by atoms with van der Waals surface area (Å²) in [7, 11) is 1.57. The molecule has 2 aromatic rings. The molecule has 3 amide bonds. The molecule has 8 heteroatoms. The number of rotatable bonds is 6. The lowest BCUT2D eigenvalue weighted by Crippen LogP contribution is -2.71. The van der Waals surface area contributed by atoms with Crippen LogP contribution in [0.3, 0.4) is 0 Å². The number of hydrogen-bond acceptors (Lipinski definition) is 5. The second kappa shape index (κ2) is 9.40. The van der Waals surface area contributed by atoms with Gasteiger partial charge in [-0.25, -0.2) is 0 Å². The highest BCUT2D eigenvalue weighted by atomic mass is 16.5. The van der Waals surface area contributed by atoms with Crippen molar-refractivity contribution in [3.05, 3.63) is 65.7 Å². The lowest BCUT2D eigenvalue weighted by Gasteiger charge is -2.46. The Balaban J connectivity index is 1.38. The van der Waals surface area contributed by atoms with Crippen molar-refractivity contribution in [3.63, 3.8) is 0 Å². The first-order valence-electron chi connectivity index (χ1n) is 10.7. The van der Waals surface area contributed by atoms with E-state index in [1.165, 1.54) is 0 Å². The summed E-state index contributed by atoms with van der Waals surface area (Å²) in [5.41, 5.74) is 1.51. The van der Waals surface area contributed by atoms with E-state index in [1.807, 2.05) is 30.3 Å². The number of methoxy groups -OCH3 is 1. The van der Waals surface area contributed by atoms with Gasteiger partial charge in [0.15, 0.2) is 0 Å². The van der Waals surface area contributed by atoms with Crippen molar-refractivity contribution in [1.29, 1.82) is 0 Å². The topological polar surface area (TPSA) is 88.2 Å². The number of carbonyl (C=O) groups excluding carboxylic acids is 3. The summed E-state index contributed by atoms with van der Waals surface area (Å²) in [5.74, 6) is 0.0520. The number of fused-ring (bicyclic) bond motifs is 1. The van der Waals surface area contributed by atoms with E-state index in [1.54, 1.807) is 48.1 Å². The van der Waals surface area contributed by atoms with E-state index in [4.69, 9.17) is 9.47 Å². The van der Waals surface area contributed by atoms with E-state index >= 15 is 0 Å². The van der Waals surface area contributed by atoms with Gasteiger partial charge in [0.25, 0.3) is 5.91 Å². The van der Waals surface area contributed by atoms with Gasteiger partial charge in [0.2, 0.25) is 11.8 Å². The van der Waals surface area contributed by atoms with Crippen LogP contribution in [-0.2, 0) is 20.9 Å². The van der Waals surface area contributed by atoms with Gasteiger partial charge in [0.1, 0.15) is 17.8 Å². The first-order valence-corrected chi connectivity index (χ1v) is 10.7. The average molecular weight is 437 g/mol. The molecule has 2 saturated heterocycles. The lowest BCUT2D eigenvalue weighted by molar-refractivity contribution is -0.156. The van der Waals surface area contributed by atoms with E-state index < -0.39 is 18.2 Å². The van der Waals surface area contributed by atoms with Gasteiger partial charge in [0, 0.05) is 18.7 Å². The Morgan fingerprint density at radius 3 is 2.50 bits per heavy atom. The Morgan fingerprint density at radius 2 is 1.81 bits per heavy atom. The summed E-state index contributed by atoms with van der Waals surface area (Å²) in [6, 6.07) is 15.1. The summed E-state index contributed by atoms with van der Waals surface area (Å²) < 4.78 is 11.0. The quantitative estimate of drug-likeness (QED) is 0.739. The molecule has 32 heavy (non-hydrogen) atoms. The van der Waals surface area contributed by atoms with E-state index in [0.29, 0.717) is 31.0 Å². The van der Waals surface area contributed by atoms with Crippen LogP contribution in [0.2, 0.25) is 0 Å². The second-order valence-corrected chi connectivity index (χ2v) is 8.02. The maximum Gasteiger partial charge on any atom is 0.254 e. The normalized spacial score (nSPS) is 21.6. The summed E-state index contributed by atoms with van der Waals surface area (Å²) in [6.45, 7) is 2.98. The zero-order valence-corrected chi connectivity index (χ0v) is 18.2. The molecule has 8 nitrogen and oxygen atoms in total. The van der Waals surface area contributed by atoms with Crippen molar-refractivity contribution in [1.82, 2.24) is 15.1 Å². The Hall–Kier alpha value is -3.39. The first kappa shape index (κ1) is 21.8. The van der Waals surface area contributed by atoms with Crippen LogP contribution in [-0.4, -0.2) is 72.5 Å². The molecular formula is C24H27N3O5. The molecule has 0 radical (unpaired) electrons. The molecule has 0 unspecified atom stereocenters. The van der Waals surface area contributed by atoms with Crippen LogP contribution in [0.1, 0.15) is 22.8 Å². The van der Waals surface area contributed by atoms with Crippen LogP contribution in [0.5, 0.6) is 5.75 Å². The molecular weight excluding hydrogens is 410 g/mol. The molecule has 168 valence electrons. The van der Waals surface area contributed by atoms with Crippen molar-refractivity contribution in [2.75, 3.05) is 26.7 Å². The fraction of sp³-hybridized carbons (Fsp3) is 0.375. The fourth-order valence-corrected chi connectivity index (χ4v) is 4.08. The van der Waals surface area contributed by atoms with Crippen LogP contribution >= 0.6 is 0 Å². The summed E-state index contributed by atoms with van der Waals surface area (Å²) in [6.07, 6.45) is -0.480. The third kappa shape index (κ3) is 4.45. The third-order valence-corrected chi connectivity index (χ3v) is 5.98. The number of carbonyl (C=O) groups is 3. The highest BCUT2D eigenvalue weighted by Crippen LogP contribution is 2.21. The van der Waals surface area contributed by atoms with Gasteiger partial charge < -0.3 is 24.6 Å². The summed E-state index contributed by atoms with van der Waals surface area (Å²) in [4.78, 5) is 42.0. The highest BCUT2D eigenvalue weighted by molar-refractivity contribution is 5.99. The molecule has 2 heterocycles. The predicted molar refractivity (Wildman–Crippen MR) is 117 cm³/mol. The van der Waals surface area contributed by atoms with Gasteiger partial charge in [-0.05, 0) is 36.8 Å². The Labute approximate surface area is 187 Å². The SMILES string of the molecule is COc1ccc(C(=O)N2CCN3C(=O)[C@H]([C@@H](C)OCc4ccccc4)NC(=O)[C@H]3C2)cc1. The summed E-state index contributed by atoms with van der Waals surface area (Å²) in [5, 5.41) is 2.81. The molecule has 4 rings (SSSR count). The standard InChI is InChI=1S/C24H27N3O5/c1-16(32-15-17-6-4-3-5-7-17)21-24(30)27-13-12-26(14-20(27)22(28)25-21)23(29)18-8-10-19(31-2)11-9-18/h3-11,16,20-21H,12-15H2,1-2H3,(H,25,28)/t16-,20-,21+/m1/s1. The molecule has 2 aromatic carbocycles.